The highest BCUT2D eigenvalue weighted by Crippen LogP contribution is 2.22. The molecule has 144 valence electrons. The number of carbonyl (C=O) groups is 2. The fourth-order valence-corrected chi connectivity index (χ4v) is 2.65. The number of nitrogens with one attached hydrogen (secondary N) is 1. The highest BCUT2D eigenvalue weighted by molar-refractivity contribution is 5.96. The van der Waals surface area contributed by atoms with Crippen LogP contribution in [0.25, 0.3) is 11.0 Å². The van der Waals surface area contributed by atoms with Crippen molar-refractivity contribution in [2.24, 2.45) is 0 Å². The van der Waals surface area contributed by atoms with Crippen LogP contribution in [0.15, 0.2) is 48.5 Å². The molecule has 0 saturated heterocycles. The number of fused-ring (bicyclic) bond motifs is 1. The molecule has 0 aliphatic rings. The number of rotatable bonds is 7. The molecule has 0 atom stereocenters. The summed E-state index contributed by atoms with van der Waals surface area (Å²) in [5.74, 6) is -0.495. The van der Waals surface area contributed by atoms with E-state index in [-0.39, 0.29) is 24.7 Å². The van der Waals surface area contributed by atoms with Crippen LogP contribution >= 0.6 is 0 Å². The summed E-state index contributed by atoms with van der Waals surface area (Å²) in [4.78, 5) is 32.8. The van der Waals surface area contributed by atoms with Crippen molar-refractivity contribution in [2.45, 2.75) is 20.3 Å². The molecule has 0 bridgehead atoms. The lowest BCUT2D eigenvalue weighted by molar-refractivity contribution is -0.142. The van der Waals surface area contributed by atoms with E-state index in [1.165, 1.54) is 0 Å². The maximum absolute atomic E-state index is 12.3. The summed E-state index contributed by atoms with van der Waals surface area (Å²) in [5.41, 5.74) is 2.94. The second-order valence-corrected chi connectivity index (χ2v) is 5.93. The number of para-hydroxylation sites is 2. The van der Waals surface area contributed by atoms with Crippen LogP contribution in [-0.4, -0.2) is 35.1 Å². The van der Waals surface area contributed by atoms with Gasteiger partial charge < -0.3 is 14.8 Å². The standard InChI is InChI=1S/C21H21N3O4/c1-3-27-18(25)13-14-9-11-15(12-10-14)22-20-19(21(26)28-4-2)23-16-7-5-6-8-17(16)24-20/h5-12H,3-4,13H2,1-2H3,(H,22,24). The number of hydrogen-bond donors (Lipinski definition) is 1. The van der Waals surface area contributed by atoms with Crippen LogP contribution in [0, 0.1) is 0 Å². The number of esters is 2. The van der Waals surface area contributed by atoms with Crippen LogP contribution < -0.4 is 5.32 Å². The maximum atomic E-state index is 12.3. The first-order valence-electron chi connectivity index (χ1n) is 9.06. The number of hydrogen-bond acceptors (Lipinski definition) is 7. The Hall–Kier alpha value is -3.48. The minimum atomic E-state index is -0.540. The number of benzene rings is 2. The van der Waals surface area contributed by atoms with E-state index in [1.54, 1.807) is 32.0 Å². The van der Waals surface area contributed by atoms with Crippen molar-refractivity contribution >= 4 is 34.5 Å². The molecule has 7 heteroatoms. The molecular weight excluding hydrogens is 358 g/mol. The minimum absolute atomic E-state index is 0.121. The van der Waals surface area contributed by atoms with Gasteiger partial charge in [0.1, 0.15) is 0 Å². The number of aromatic nitrogens is 2. The predicted octanol–water partition coefficient (Wildman–Crippen LogP) is 3.66. The second kappa shape index (κ2) is 8.94. The van der Waals surface area contributed by atoms with Crippen LogP contribution in [0.4, 0.5) is 11.5 Å². The Morgan fingerprint density at radius 2 is 1.54 bits per heavy atom. The summed E-state index contributed by atoms with van der Waals surface area (Å²) in [7, 11) is 0. The van der Waals surface area contributed by atoms with Crippen molar-refractivity contribution in [3.05, 3.63) is 59.8 Å². The molecule has 2 aromatic carbocycles. The average Bonchev–Trinajstić information content (AvgIpc) is 2.69. The average molecular weight is 379 g/mol. The zero-order chi connectivity index (χ0) is 19.9. The molecule has 0 fully saturated rings. The molecule has 0 radical (unpaired) electrons. The molecule has 1 aromatic heterocycles. The topological polar surface area (TPSA) is 90.4 Å². The van der Waals surface area contributed by atoms with Gasteiger partial charge in [0.15, 0.2) is 11.5 Å². The molecular formula is C21H21N3O4. The van der Waals surface area contributed by atoms with Crippen molar-refractivity contribution < 1.29 is 19.1 Å². The SMILES string of the molecule is CCOC(=O)Cc1ccc(Nc2nc3ccccc3nc2C(=O)OCC)cc1. The van der Waals surface area contributed by atoms with E-state index in [0.717, 1.165) is 5.56 Å². The first-order valence-corrected chi connectivity index (χ1v) is 9.06. The molecule has 0 saturated carbocycles. The lowest BCUT2D eigenvalue weighted by Gasteiger charge is -2.11. The van der Waals surface area contributed by atoms with Gasteiger partial charge in [-0.2, -0.15) is 0 Å². The van der Waals surface area contributed by atoms with Crippen LogP contribution in [0.2, 0.25) is 0 Å². The highest BCUT2D eigenvalue weighted by atomic mass is 16.5. The lowest BCUT2D eigenvalue weighted by atomic mass is 10.1. The van der Waals surface area contributed by atoms with Gasteiger partial charge in [0.05, 0.1) is 30.7 Å². The Labute approximate surface area is 162 Å². The Kier molecular flexibility index (Phi) is 6.16. The maximum Gasteiger partial charge on any atom is 0.360 e. The normalized spacial score (nSPS) is 10.5. The van der Waals surface area contributed by atoms with Gasteiger partial charge in [0, 0.05) is 5.69 Å². The van der Waals surface area contributed by atoms with Crippen molar-refractivity contribution in [3.63, 3.8) is 0 Å². The lowest BCUT2D eigenvalue weighted by Crippen LogP contribution is -2.12. The fraction of sp³-hybridized carbons (Fsp3) is 0.238. The smallest absolute Gasteiger partial charge is 0.360 e. The van der Waals surface area contributed by atoms with Gasteiger partial charge in [0.25, 0.3) is 0 Å². The summed E-state index contributed by atoms with van der Waals surface area (Å²) in [6.07, 6.45) is 0.206. The quantitative estimate of drug-likeness (QED) is 0.627. The zero-order valence-electron chi connectivity index (χ0n) is 15.8. The molecule has 0 aliphatic heterocycles. The fourth-order valence-electron chi connectivity index (χ4n) is 2.65. The molecule has 0 aliphatic carbocycles. The van der Waals surface area contributed by atoms with Gasteiger partial charge in [-0.15, -0.1) is 0 Å². The van der Waals surface area contributed by atoms with E-state index in [0.29, 0.717) is 29.1 Å². The first-order chi connectivity index (χ1) is 13.6. The third kappa shape index (κ3) is 4.62. The molecule has 0 spiro atoms. The van der Waals surface area contributed by atoms with E-state index in [2.05, 4.69) is 15.3 Å². The zero-order valence-corrected chi connectivity index (χ0v) is 15.8. The molecule has 1 heterocycles. The molecule has 3 aromatic rings. The molecule has 3 rings (SSSR count). The second-order valence-electron chi connectivity index (χ2n) is 5.93. The Morgan fingerprint density at radius 1 is 0.893 bits per heavy atom. The largest absolute Gasteiger partial charge is 0.466 e. The minimum Gasteiger partial charge on any atom is -0.466 e. The van der Waals surface area contributed by atoms with E-state index in [9.17, 15) is 9.59 Å². The summed E-state index contributed by atoms with van der Waals surface area (Å²) in [6.45, 7) is 4.11. The summed E-state index contributed by atoms with van der Waals surface area (Å²) in [5, 5.41) is 3.12. The Morgan fingerprint density at radius 3 is 2.18 bits per heavy atom. The van der Waals surface area contributed by atoms with Crippen molar-refractivity contribution in [2.75, 3.05) is 18.5 Å². The monoisotopic (exact) mass is 379 g/mol. The number of carbonyl (C=O) groups excluding carboxylic acids is 2. The van der Waals surface area contributed by atoms with E-state index < -0.39 is 5.97 Å². The summed E-state index contributed by atoms with van der Waals surface area (Å²) < 4.78 is 10.1. The number of nitrogens with zero attached hydrogens (tertiary/aromatic N) is 2. The van der Waals surface area contributed by atoms with Gasteiger partial charge in [-0.1, -0.05) is 24.3 Å². The van der Waals surface area contributed by atoms with Crippen LogP contribution in [0.1, 0.15) is 29.9 Å². The highest BCUT2D eigenvalue weighted by Gasteiger charge is 2.18. The third-order valence-corrected chi connectivity index (χ3v) is 3.91. The Balaban J connectivity index is 1.87. The van der Waals surface area contributed by atoms with Gasteiger partial charge in [-0.05, 0) is 43.7 Å². The molecule has 28 heavy (non-hydrogen) atoms. The summed E-state index contributed by atoms with van der Waals surface area (Å²) >= 11 is 0. The van der Waals surface area contributed by atoms with Crippen molar-refractivity contribution in [3.8, 4) is 0 Å². The van der Waals surface area contributed by atoms with Gasteiger partial charge >= 0.3 is 11.9 Å². The summed E-state index contributed by atoms with van der Waals surface area (Å²) in [6, 6.07) is 14.6. The first kappa shape index (κ1) is 19.3. The van der Waals surface area contributed by atoms with E-state index in [1.807, 2.05) is 30.3 Å². The van der Waals surface area contributed by atoms with Crippen LogP contribution in [0.3, 0.4) is 0 Å². The van der Waals surface area contributed by atoms with Gasteiger partial charge in [-0.25, -0.2) is 14.8 Å². The van der Waals surface area contributed by atoms with E-state index >= 15 is 0 Å². The Bertz CT molecular complexity index is 987. The molecule has 1 N–H and O–H groups in total. The van der Waals surface area contributed by atoms with Crippen molar-refractivity contribution in [1.82, 2.24) is 9.97 Å². The van der Waals surface area contributed by atoms with E-state index in [4.69, 9.17) is 9.47 Å². The molecule has 0 amide bonds. The predicted molar refractivity (Wildman–Crippen MR) is 106 cm³/mol. The molecule has 7 nitrogen and oxygen atoms in total. The van der Waals surface area contributed by atoms with Crippen LogP contribution in [-0.2, 0) is 20.7 Å². The third-order valence-electron chi connectivity index (χ3n) is 3.91. The van der Waals surface area contributed by atoms with Gasteiger partial charge in [0.2, 0.25) is 0 Å². The van der Waals surface area contributed by atoms with Gasteiger partial charge in [-0.3, -0.25) is 4.79 Å². The van der Waals surface area contributed by atoms with Crippen molar-refractivity contribution in [1.29, 1.82) is 0 Å². The number of anilines is 2. The number of ether oxygens (including phenoxy) is 2. The van der Waals surface area contributed by atoms with Crippen LogP contribution in [0.5, 0.6) is 0 Å². The molecule has 0 unspecified atom stereocenters.